The number of aryl methyl sites for hydroxylation is 1. The number of thioether (sulfide) groups is 1. The quantitative estimate of drug-likeness (QED) is 0.838. The highest BCUT2D eigenvalue weighted by Crippen LogP contribution is 2.32. The number of aliphatic carboxylic acids is 1. The molecular weight excluding hydrogens is 284 g/mol. The van der Waals surface area contributed by atoms with E-state index < -0.39 is 12.0 Å². The second-order valence-electron chi connectivity index (χ2n) is 4.82. The summed E-state index contributed by atoms with van der Waals surface area (Å²) >= 11 is 1.51. The van der Waals surface area contributed by atoms with Gasteiger partial charge in [-0.25, -0.2) is 9.79 Å². The summed E-state index contributed by atoms with van der Waals surface area (Å²) in [5.41, 5.74) is 2.91. The number of allylic oxidation sites excluding steroid dienone is 1. The van der Waals surface area contributed by atoms with Gasteiger partial charge in [0.2, 0.25) is 0 Å². The third kappa shape index (κ3) is 3.55. The molecule has 5 heteroatoms. The summed E-state index contributed by atoms with van der Waals surface area (Å²) in [4.78, 5) is 16.1. The highest BCUT2D eigenvalue weighted by molar-refractivity contribution is 8.13. The van der Waals surface area contributed by atoms with Crippen LogP contribution in [0.2, 0.25) is 0 Å². The lowest BCUT2D eigenvalue weighted by molar-refractivity contribution is -0.133. The zero-order valence-corrected chi connectivity index (χ0v) is 12.9. The highest BCUT2D eigenvalue weighted by Gasteiger charge is 2.28. The monoisotopic (exact) mass is 302 g/mol. The third-order valence-corrected chi connectivity index (χ3v) is 4.03. The molecule has 4 nitrogen and oxygen atoms in total. The fraction of sp³-hybridized carbons (Fsp3) is 0.250. The van der Waals surface area contributed by atoms with E-state index in [1.54, 1.807) is 13.0 Å². The Morgan fingerprint density at radius 2 is 2.29 bits per heavy atom. The number of amidine groups is 1. The molecule has 0 saturated heterocycles. The van der Waals surface area contributed by atoms with Gasteiger partial charge in [0, 0.05) is 11.4 Å². The first-order valence-electron chi connectivity index (χ1n) is 6.62. The first kappa shape index (κ1) is 15.4. The van der Waals surface area contributed by atoms with Crippen LogP contribution in [-0.2, 0) is 4.79 Å². The molecule has 0 spiro atoms. The van der Waals surface area contributed by atoms with Gasteiger partial charge in [0.15, 0.2) is 5.17 Å². The fourth-order valence-corrected chi connectivity index (χ4v) is 2.90. The van der Waals surface area contributed by atoms with Crippen LogP contribution < -0.4 is 5.32 Å². The van der Waals surface area contributed by atoms with E-state index >= 15 is 0 Å². The van der Waals surface area contributed by atoms with Gasteiger partial charge >= 0.3 is 5.97 Å². The first-order chi connectivity index (χ1) is 10.0. The van der Waals surface area contributed by atoms with Crippen molar-refractivity contribution in [2.75, 3.05) is 5.75 Å². The molecule has 1 unspecified atom stereocenters. The van der Waals surface area contributed by atoms with Crippen molar-refractivity contribution in [1.29, 1.82) is 0 Å². The lowest BCUT2D eigenvalue weighted by Crippen LogP contribution is -2.29. The van der Waals surface area contributed by atoms with Crippen molar-refractivity contribution in [3.8, 4) is 0 Å². The van der Waals surface area contributed by atoms with Gasteiger partial charge in [-0.3, -0.25) is 0 Å². The Labute approximate surface area is 128 Å². The highest BCUT2D eigenvalue weighted by atomic mass is 32.2. The van der Waals surface area contributed by atoms with Crippen LogP contribution in [0.3, 0.4) is 0 Å². The van der Waals surface area contributed by atoms with Crippen LogP contribution in [0.5, 0.6) is 0 Å². The Morgan fingerprint density at radius 3 is 2.90 bits per heavy atom. The summed E-state index contributed by atoms with van der Waals surface area (Å²) in [7, 11) is 0. The molecule has 2 rings (SSSR count). The number of carbonyl (C=O) groups is 1. The fourth-order valence-electron chi connectivity index (χ4n) is 2.22. The predicted molar refractivity (Wildman–Crippen MR) is 87.5 cm³/mol. The van der Waals surface area contributed by atoms with E-state index in [-0.39, 0.29) is 0 Å². The molecule has 21 heavy (non-hydrogen) atoms. The average Bonchev–Trinajstić information content (AvgIpc) is 2.44. The van der Waals surface area contributed by atoms with E-state index in [1.807, 2.05) is 31.2 Å². The van der Waals surface area contributed by atoms with Gasteiger partial charge in [0.05, 0.1) is 5.57 Å². The van der Waals surface area contributed by atoms with E-state index in [1.165, 1.54) is 11.8 Å². The summed E-state index contributed by atoms with van der Waals surface area (Å²) in [6.45, 7) is 7.44. The third-order valence-electron chi connectivity index (χ3n) is 3.14. The summed E-state index contributed by atoms with van der Waals surface area (Å²) in [6.07, 6.45) is 1.79. The Bertz CT molecular complexity index is 635. The Balaban J connectivity index is 2.43. The maximum atomic E-state index is 11.6. The molecule has 0 aliphatic carbocycles. The molecule has 0 saturated carbocycles. The summed E-state index contributed by atoms with van der Waals surface area (Å²) in [5, 5.41) is 13.3. The topological polar surface area (TPSA) is 61.7 Å². The number of nitrogens with one attached hydrogen (secondary N) is 1. The number of aliphatic imine (C=N–C) groups is 1. The smallest absolute Gasteiger partial charge is 0.335 e. The molecule has 2 N–H and O–H groups in total. The molecule has 110 valence electrons. The summed E-state index contributed by atoms with van der Waals surface area (Å²) in [5.74, 6) is -0.217. The average molecular weight is 302 g/mol. The molecule has 0 bridgehead atoms. The van der Waals surface area contributed by atoms with Gasteiger partial charge < -0.3 is 10.4 Å². The molecular formula is C16H18N2O2S. The lowest BCUT2D eigenvalue weighted by atomic mass is 9.95. The predicted octanol–water partition coefficient (Wildman–Crippen LogP) is 3.27. The van der Waals surface area contributed by atoms with Gasteiger partial charge in [-0.2, -0.15) is 0 Å². The van der Waals surface area contributed by atoms with Gasteiger partial charge in [-0.15, -0.1) is 6.58 Å². The molecule has 0 radical (unpaired) electrons. The van der Waals surface area contributed by atoms with E-state index in [0.29, 0.717) is 11.3 Å². The summed E-state index contributed by atoms with van der Waals surface area (Å²) < 4.78 is 0. The second-order valence-corrected chi connectivity index (χ2v) is 5.83. The van der Waals surface area contributed by atoms with Crippen LogP contribution in [0.4, 0.5) is 0 Å². The van der Waals surface area contributed by atoms with Gasteiger partial charge in [0.1, 0.15) is 6.04 Å². The van der Waals surface area contributed by atoms with Crippen molar-refractivity contribution in [3.63, 3.8) is 0 Å². The Kier molecular flexibility index (Phi) is 4.85. The molecule has 1 heterocycles. The number of nitrogens with zero attached hydrogens (tertiary/aromatic N) is 1. The molecule has 1 aliphatic heterocycles. The molecule has 1 atom stereocenters. The minimum absolute atomic E-state index is 0.295. The maximum absolute atomic E-state index is 11.6. The molecule has 0 fully saturated rings. The summed E-state index contributed by atoms with van der Waals surface area (Å²) in [6, 6.07) is 7.33. The van der Waals surface area contributed by atoms with Crippen molar-refractivity contribution in [1.82, 2.24) is 5.32 Å². The number of rotatable bonds is 4. The van der Waals surface area contributed by atoms with E-state index in [0.717, 1.165) is 22.0 Å². The van der Waals surface area contributed by atoms with Crippen LogP contribution in [0.1, 0.15) is 24.1 Å². The van der Waals surface area contributed by atoms with Crippen LogP contribution in [0.25, 0.3) is 0 Å². The number of carboxylic acid groups (broad SMARTS) is 1. The van der Waals surface area contributed by atoms with Gasteiger partial charge in [-0.05, 0) is 19.4 Å². The van der Waals surface area contributed by atoms with E-state index in [4.69, 9.17) is 0 Å². The van der Waals surface area contributed by atoms with Gasteiger partial charge in [-0.1, -0.05) is 47.7 Å². The van der Waals surface area contributed by atoms with Crippen LogP contribution >= 0.6 is 11.8 Å². The van der Waals surface area contributed by atoms with Gasteiger partial charge in [0.25, 0.3) is 0 Å². The van der Waals surface area contributed by atoms with Crippen molar-refractivity contribution >= 4 is 22.9 Å². The zero-order valence-electron chi connectivity index (χ0n) is 12.1. The van der Waals surface area contributed by atoms with Crippen molar-refractivity contribution in [3.05, 3.63) is 59.3 Å². The van der Waals surface area contributed by atoms with Crippen molar-refractivity contribution < 1.29 is 9.90 Å². The first-order valence-corrected chi connectivity index (χ1v) is 7.60. The number of hydrogen-bond donors (Lipinski definition) is 2. The number of carboxylic acids is 1. The normalized spacial score (nSPS) is 18.0. The maximum Gasteiger partial charge on any atom is 0.335 e. The van der Waals surface area contributed by atoms with Crippen LogP contribution in [0.15, 0.2) is 53.2 Å². The molecule has 1 aromatic carbocycles. The largest absolute Gasteiger partial charge is 0.478 e. The SMILES string of the molecule is C=CCSC1=NC(c2cccc(C)c2)C(C(=O)O)=C(C)N1. The molecule has 1 aliphatic rings. The Morgan fingerprint density at radius 1 is 1.52 bits per heavy atom. The standard InChI is InChI=1S/C16H18N2O2S/c1-4-8-21-16-17-11(3)13(15(19)20)14(18-16)12-7-5-6-10(2)9-12/h4-7,9,14H,1,8H2,2-3H3,(H,17,18)(H,19,20). The van der Waals surface area contributed by atoms with Crippen molar-refractivity contribution in [2.24, 2.45) is 4.99 Å². The molecule has 0 aromatic heterocycles. The number of benzene rings is 1. The molecule has 0 amide bonds. The van der Waals surface area contributed by atoms with Crippen LogP contribution in [-0.4, -0.2) is 22.0 Å². The van der Waals surface area contributed by atoms with Crippen LogP contribution in [0, 0.1) is 6.92 Å². The van der Waals surface area contributed by atoms with E-state index in [9.17, 15) is 9.90 Å². The Hall–Kier alpha value is -2.01. The molecule has 1 aromatic rings. The minimum atomic E-state index is -0.942. The minimum Gasteiger partial charge on any atom is -0.478 e. The second kappa shape index (κ2) is 6.63. The van der Waals surface area contributed by atoms with E-state index in [2.05, 4.69) is 16.9 Å². The van der Waals surface area contributed by atoms with Crippen molar-refractivity contribution in [2.45, 2.75) is 19.9 Å². The zero-order chi connectivity index (χ0) is 15.4. The number of hydrogen-bond acceptors (Lipinski definition) is 4. The lowest BCUT2D eigenvalue weighted by Gasteiger charge is -2.24.